The number of hydrogen-bond acceptors (Lipinski definition) is 3. The summed E-state index contributed by atoms with van der Waals surface area (Å²) in [4.78, 5) is 38.7. The molecule has 6 heteroatoms. The lowest BCUT2D eigenvalue weighted by atomic mass is 10.1. The van der Waals surface area contributed by atoms with Gasteiger partial charge in [-0.3, -0.25) is 14.4 Å². The van der Waals surface area contributed by atoms with Crippen molar-refractivity contribution >= 4 is 28.5 Å². The topological polar surface area (TPSA) is 71.4 Å². The van der Waals surface area contributed by atoms with Crippen LogP contribution < -0.4 is 5.32 Å². The van der Waals surface area contributed by atoms with Crippen molar-refractivity contribution in [1.82, 2.24) is 14.8 Å². The second kappa shape index (κ2) is 5.69. The molecule has 0 radical (unpaired) electrons. The van der Waals surface area contributed by atoms with Crippen LogP contribution in [0.25, 0.3) is 10.9 Å². The van der Waals surface area contributed by atoms with Crippen LogP contribution in [0.3, 0.4) is 0 Å². The lowest BCUT2D eigenvalue weighted by molar-refractivity contribution is -0.131. The van der Waals surface area contributed by atoms with Gasteiger partial charge in [0, 0.05) is 54.0 Å². The van der Waals surface area contributed by atoms with Crippen molar-refractivity contribution in [3.63, 3.8) is 0 Å². The Bertz CT molecular complexity index is 912. The van der Waals surface area contributed by atoms with Crippen molar-refractivity contribution in [2.24, 2.45) is 11.8 Å². The fourth-order valence-corrected chi connectivity index (χ4v) is 4.33. The minimum absolute atomic E-state index is 0.0415. The van der Waals surface area contributed by atoms with E-state index in [0.29, 0.717) is 19.5 Å². The van der Waals surface area contributed by atoms with Crippen molar-refractivity contribution in [2.75, 3.05) is 13.1 Å². The van der Waals surface area contributed by atoms with E-state index in [4.69, 9.17) is 0 Å². The summed E-state index contributed by atoms with van der Waals surface area (Å²) in [5, 5.41) is 3.88. The average Bonchev–Trinajstić information content (AvgIpc) is 3.19. The standard InChI is InChI=1S/C20H21N3O3/c24-18-7-13-8-23(10-16(13)21-18)19(25)11-22-9-15(20(26)12-5-6-12)14-3-1-2-4-17(14)22/h1-4,9,12-13,16H,5-8,10-11H2,(H,21,24)/t13-,16+/m0/s1. The highest BCUT2D eigenvalue weighted by atomic mass is 16.2. The molecule has 5 rings (SSSR count). The molecule has 1 saturated carbocycles. The summed E-state index contributed by atoms with van der Waals surface area (Å²) in [6.07, 6.45) is 4.31. The number of ketones is 1. The molecule has 134 valence electrons. The van der Waals surface area contributed by atoms with Gasteiger partial charge in [0.05, 0.1) is 6.04 Å². The first-order valence-corrected chi connectivity index (χ1v) is 9.29. The van der Waals surface area contributed by atoms with Crippen molar-refractivity contribution in [2.45, 2.75) is 31.8 Å². The molecule has 0 spiro atoms. The first kappa shape index (κ1) is 15.6. The van der Waals surface area contributed by atoms with Gasteiger partial charge < -0.3 is 14.8 Å². The molecule has 0 bridgehead atoms. The maximum absolute atomic E-state index is 12.8. The van der Waals surface area contributed by atoms with Gasteiger partial charge in [0.2, 0.25) is 11.8 Å². The van der Waals surface area contributed by atoms with Crippen LogP contribution in [-0.4, -0.2) is 46.2 Å². The first-order chi connectivity index (χ1) is 12.6. The molecule has 1 N–H and O–H groups in total. The summed E-state index contributed by atoms with van der Waals surface area (Å²) in [6.45, 7) is 1.45. The van der Waals surface area contributed by atoms with Gasteiger partial charge in [-0.25, -0.2) is 0 Å². The summed E-state index contributed by atoms with van der Waals surface area (Å²) < 4.78 is 1.90. The lowest BCUT2D eigenvalue weighted by Crippen LogP contribution is -2.37. The molecular formula is C20H21N3O3. The minimum atomic E-state index is 0.0415. The van der Waals surface area contributed by atoms with E-state index in [2.05, 4.69) is 5.32 Å². The van der Waals surface area contributed by atoms with Crippen LogP contribution in [-0.2, 0) is 16.1 Å². The van der Waals surface area contributed by atoms with E-state index in [1.807, 2.05) is 39.9 Å². The van der Waals surface area contributed by atoms with Crippen LogP contribution in [0.1, 0.15) is 29.6 Å². The molecule has 2 amide bonds. The number of amides is 2. The van der Waals surface area contributed by atoms with Crippen LogP contribution in [0.15, 0.2) is 30.5 Å². The number of hydrogen-bond donors (Lipinski definition) is 1. The van der Waals surface area contributed by atoms with Gasteiger partial charge >= 0.3 is 0 Å². The monoisotopic (exact) mass is 351 g/mol. The Labute approximate surface area is 151 Å². The van der Waals surface area contributed by atoms with Gasteiger partial charge in [-0.1, -0.05) is 18.2 Å². The third kappa shape index (κ3) is 2.52. The average molecular weight is 351 g/mol. The number of carbonyl (C=O) groups excluding carboxylic acids is 3. The molecule has 26 heavy (non-hydrogen) atoms. The van der Waals surface area contributed by atoms with E-state index in [-0.39, 0.29) is 42.0 Å². The Morgan fingerprint density at radius 3 is 2.73 bits per heavy atom. The van der Waals surface area contributed by atoms with Crippen molar-refractivity contribution in [3.8, 4) is 0 Å². The van der Waals surface area contributed by atoms with E-state index in [0.717, 1.165) is 29.3 Å². The van der Waals surface area contributed by atoms with Crippen LogP contribution in [0.4, 0.5) is 0 Å². The van der Waals surface area contributed by atoms with E-state index in [9.17, 15) is 14.4 Å². The third-order valence-corrected chi connectivity index (χ3v) is 5.90. The Balaban J connectivity index is 1.39. The summed E-state index contributed by atoms with van der Waals surface area (Å²) >= 11 is 0. The summed E-state index contributed by atoms with van der Waals surface area (Å²) in [6, 6.07) is 7.89. The molecule has 3 heterocycles. The van der Waals surface area contributed by atoms with Gasteiger partial charge in [0.25, 0.3) is 0 Å². The Morgan fingerprint density at radius 1 is 1.15 bits per heavy atom. The number of para-hydroxylation sites is 1. The number of fused-ring (bicyclic) bond motifs is 2. The number of carbonyl (C=O) groups is 3. The van der Waals surface area contributed by atoms with Gasteiger partial charge in [0.1, 0.15) is 6.54 Å². The molecule has 0 unspecified atom stereocenters. The van der Waals surface area contributed by atoms with Gasteiger partial charge in [-0.05, 0) is 18.9 Å². The van der Waals surface area contributed by atoms with Gasteiger partial charge in [-0.2, -0.15) is 0 Å². The van der Waals surface area contributed by atoms with Crippen molar-refractivity contribution in [1.29, 1.82) is 0 Å². The molecule has 2 aliphatic heterocycles. The zero-order valence-electron chi connectivity index (χ0n) is 14.5. The zero-order chi connectivity index (χ0) is 17.8. The number of Topliss-reactive ketones (excluding diaryl/α,β-unsaturated/α-hetero) is 1. The zero-order valence-corrected chi connectivity index (χ0v) is 14.5. The van der Waals surface area contributed by atoms with Crippen LogP contribution in [0.2, 0.25) is 0 Å². The Kier molecular flexibility index (Phi) is 3.42. The largest absolute Gasteiger partial charge is 0.351 e. The molecule has 1 aromatic heterocycles. The van der Waals surface area contributed by atoms with Crippen LogP contribution in [0, 0.1) is 11.8 Å². The predicted molar refractivity (Wildman–Crippen MR) is 95.6 cm³/mol. The van der Waals surface area contributed by atoms with E-state index >= 15 is 0 Å². The summed E-state index contributed by atoms with van der Waals surface area (Å²) in [5.41, 5.74) is 1.67. The fourth-order valence-electron chi connectivity index (χ4n) is 4.33. The highest BCUT2D eigenvalue weighted by molar-refractivity contribution is 6.10. The van der Waals surface area contributed by atoms with Crippen LogP contribution >= 0.6 is 0 Å². The predicted octanol–water partition coefficient (Wildman–Crippen LogP) is 1.58. The maximum atomic E-state index is 12.8. The number of aromatic nitrogens is 1. The second-order valence-corrected chi connectivity index (χ2v) is 7.76. The van der Waals surface area contributed by atoms with Crippen molar-refractivity contribution in [3.05, 3.63) is 36.0 Å². The normalized spacial score (nSPS) is 24.8. The molecule has 2 saturated heterocycles. The summed E-state index contributed by atoms with van der Waals surface area (Å²) in [5.74, 6) is 0.726. The number of nitrogens with zero attached hydrogens (tertiary/aromatic N) is 2. The van der Waals surface area contributed by atoms with Gasteiger partial charge in [-0.15, -0.1) is 0 Å². The van der Waals surface area contributed by atoms with E-state index in [1.165, 1.54) is 0 Å². The number of likely N-dealkylation sites (tertiary alicyclic amines) is 1. The highest BCUT2D eigenvalue weighted by Gasteiger charge is 2.41. The second-order valence-electron chi connectivity index (χ2n) is 7.76. The molecule has 2 aromatic rings. The Hall–Kier alpha value is -2.63. The van der Waals surface area contributed by atoms with Crippen molar-refractivity contribution < 1.29 is 14.4 Å². The van der Waals surface area contributed by atoms with E-state index < -0.39 is 0 Å². The fraction of sp³-hybridized carbons (Fsp3) is 0.450. The Morgan fingerprint density at radius 2 is 1.96 bits per heavy atom. The number of nitrogens with one attached hydrogen (secondary N) is 1. The maximum Gasteiger partial charge on any atom is 0.242 e. The summed E-state index contributed by atoms with van der Waals surface area (Å²) in [7, 11) is 0. The molecular weight excluding hydrogens is 330 g/mol. The molecule has 3 fully saturated rings. The SMILES string of the molecule is O=C1C[C@H]2CN(C(=O)Cn3cc(C(=O)C4CC4)c4ccccc43)C[C@H]2N1. The molecule has 1 aliphatic carbocycles. The quantitative estimate of drug-likeness (QED) is 0.850. The molecule has 6 nitrogen and oxygen atoms in total. The molecule has 1 aromatic carbocycles. The third-order valence-electron chi connectivity index (χ3n) is 5.90. The first-order valence-electron chi connectivity index (χ1n) is 9.29. The smallest absolute Gasteiger partial charge is 0.242 e. The molecule has 2 atom stereocenters. The van der Waals surface area contributed by atoms with Crippen LogP contribution in [0.5, 0.6) is 0 Å². The minimum Gasteiger partial charge on any atom is -0.351 e. The van der Waals surface area contributed by atoms with Gasteiger partial charge in [0.15, 0.2) is 5.78 Å². The number of benzene rings is 1. The number of rotatable bonds is 4. The molecule has 3 aliphatic rings. The van der Waals surface area contributed by atoms with E-state index in [1.54, 1.807) is 0 Å². The highest BCUT2D eigenvalue weighted by Crippen LogP contribution is 2.35. The lowest BCUT2D eigenvalue weighted by Gasteiger charge is -2.18.